The van der Waals surface area contributed by atoms with E-state index in [2.05, 4.69) is 43.8 Å². The Morgan fingerprint density at radius 1 is 0.926 bits per heavy atom. The minimum Gasteiger partial charge on any atom is -0.377 e. The summed E-state index contributed by atoms with van der Waals surface area (Å²) in [6.45, 7) is 7.78. The Balaban J connectivity index is 1.40. The fourth-order valence-corrected chi connectivity index (χ4v) is 5.38. The van der Waals surface area contributed by atoms with Crippen LogP contribution >= 0.6 is 0 Å². The summed E-state index contributed by atoms with van der Waals surface area (Å²) in [6.07, 6.45) is 17.2. The smallest absolute Gasteiger partial charge is 0.0716 e. The summed E-state index contributed by atoms with van der Waals surface area (Å²) in [5.74, 6) is 3.72. The summed E-state index contributed by atoms with van der Waals surface area (Å²) < 4.78 is 5.74. The molecule has 150 valence electrons. The third kappa shape index (κ3) is 6.21. The third-order valence-corrected chi connectivity index (χ3v) is 7.19. The Hall–Kier alpha value is -1.08. The molecule has 27 heavy (non-hydrogen) atoms. The zero-order valence-electron chi connectivity index (χ0n) is 17.5. The van der Waals surface area contributed by atoms with Gasteiger partial charge in [0.2, 0.25) is 0 Å². The van der Waals surface area contributed by atoms with Gasteiger partial charge in [-0.25, -0.2) is 0 Å². The van der Waals surface area contributed by atoms with E-state index in [0.717, 1.165) is 43.3 Å². The molecule has 0 saturated heterocycles. The van der Waals surface area contributed by atoms with E-state index in [-0.39, 0.29) is 0 Å². The second-order valence-electron chi connectivity index (χ2n) is 9.06. The fraction of sp³-hybridized carbons (Fsp3) is 0.692. The highest BCUT2D eigenvalue weighted by Crippen LogP contribution is 2.44. The van der Waals surface area contributed by atoms with Crippen molar-refractivity contribution in [2.75, 3.05) is 6.61 Å². The first-order chi connectivity index (χ1) is 13.3. The number of hydrogen-bond acceptors (Lipinski definition) is 1. The Bertz CT molecular complexity index is 530. The molecule has 0 bridgehead atoms. The minimum atomic E-state index is 0.765. The minimum absolute atomic E-state index is 0.765. The van der Waals surface area contributed by atoms with Crippen molar-refractivity contribution in [1.29, 1.82) is 0 Å². The maximum Gasteiger partial charge on any atom is 0.0716 e. The summed E-state index contributed by atoms with van der Waals surface area (Å²) in [7, 11) is 0. The number of benzene rings is 1. The predicted molar refractivity (Wildman–Crippen MR) is 116 cm³/mol. The molecule has 0 spiro atoms. The molecule has 3 rings (SSSR count). The molecule has 1 aromatic rings. The first-order valence-electron chi connectivity index (χ1n) is 11.6. The van der Waals surface area contributed by atoms with Gasteiger partial charge >= 0.3 is 0 Å². The molecule has 2 fully saturated rings. The lowest BCUT2D eigenvalue weighted by molar-refractivity contribution is 0.118. The monoisotopic (exact) mass is 368 g/mol. The molecule has 0 heterocycles. The van der Waals surface area contributed by atoms with Gasteiger partial charge in [0.25, 0.3) is 0 Å². The van der Waals surface area contributed by atoms with Crippen LogP contribution in [0.15, 0.2) is 36.9 Å². The average molecular weight is 369 g/mol. The molecule has 0 aliphatic heterocycles. The van der Waals surface area contributed by atoms with Gasteiger partial charge in [0.15, 0.2) is 0 Å². The molecule has 0 aromatic heterocycles. The number of rotatable bonds is 9. The van der Waals surface area contributed by atoms with Gasteiger partial charge in [0.05, 0.1) is 6.61 Å². The molecule has 1 nitrogen and oxygen atoms in total. The average Bonchev–Trinajstić information content (AvgIpc) is 2.73. The van der Waals surface area contributed by atoms with Gasteiger partial charge in [-0.15, -0.1) is 6.58 Å². The molecule has 2 aliphatic carbocycles. The zero-order valence-corrected chi connectivity index (χ0v) is 17.5. The van der Waals surface area contributed by atoms with Crippen molar-refractivity contribution in [2.24, 2.45) is 17.8 Å². The van der Waals surface area contributed by atoms with Crippen LogP contribution < -0.4 is 0 Å². The van der Waals surface area contributed by atoms with Crippen LogP contribution in [0.5, 0.6) is 0 Å². The van der Waals surface area contributed by atoms with E-state index < -0.39 is 0 Å². The van der Waals surface area contributed by atoms with Gasteiger partial charge < -0.3 is 4.74 Å². The Kier molecular flexibility index (Phi) is 8.45. The van der Waals surface area contributed by atoms with Crippen LogP contribution in [0.2, 0.25) is 0 Å². The van der Waals surface area contributed by atoms with E-state index in [9.17, 15) is 0 Å². The lowest BCUT2D eigenvalue weighted by atomic mass is 9.68. The normalized spacial score (nSPS) is 28.8. The second kappa shape index (κ2) is 11.1. The summed E-state index contributed by atoms with van der Waals surface area (Å²) in [6, 6.07) is 9.30. The highest BCUT2D eigenvalue weighted by Gasteiger charge is 2.30. The van der Waals surface area contributed by atoms with Crippen LogP contribution in [-0.2, 0) is 11.3 Å². The molecule has 1 heteroatoms. The number of hydrogen-bond donors (Lipinski definition) is 0. The standard InChI is InChI=1S/C26H40O/c1-3-5-19-27-20-22-9-13-24(14-10-22)26-17-15-25(16-18-26)23-11-7-21(6-4-2)8-12-23/h4,9-10,13-14,21,23,25-26H,2-3,5-8,11-12,15-20H2,1H3. The third-order valence-electron chi connectivity index (χ3n) is 7.19. The maximum atomic E-state index is 5.74. The Morgan fingerprint density at radius 2 is 1.56 bits per heavy atom. The lowest BCUT2D eigenvalue weighted by Gasteiger charge is -2.38. The van der Waals surface area contributed by atoms with E-state index in [1.54, 1.807) is 5.56 Å². The molecule has 0 amide bonds. The van der Waals surface area contributed by atoms with Crippen LogP contribution in [-0.4, -0.2) is 6.61 Å². The highest BCUT2D eigenvalue weighted by molar-refractivity contribution is 5.25. The maximum absolute atomic E-state index is 5.74. The number of ether oxygens (including phenoxy) is 1. The Morgan fingerprint density at radius 3 is 2.15 bits per heavy atom. The van der Waals surface area contributed by atoms with Gasteiger partial charge in [-0.3, -0.25) is 0 Å². The molecule has 1 aromatic carbocycles. The molecule has 0 N–H and O–H groups in total. The van der Waals surface area contributed by atoms with E-state index >= 15 is 0 Å². The van der Waals surface area contributed by atoms with E-state index in [1.807, 2.05) is 0 Å². The van der Waals surface area contributed by atoms with Gasteiger partial charge in [0.1, 0.15) is 0 Å². The predicted octanol–water partition coefficient (Wildman–Crippen LogP) is 7.66. The molecular formula is C26H40O. The quantitative estimate of drug-likeness (QED) is 0.321. The van der Waals surface area contributed by atoms with Crippen molar-refractivity contribution >= 4 is 0 Å². The largest absolute Gasteiger partial charge is 0.377 e. The Labute approximate surface area is 167 Å². The van der Waals surface area contributed by atoms with E-state index in [1.165, 1.54) is 69.8 Å². The second-order valence-corrected chi connectivity index (χ2v) is 9.06. The number of unbranched alkanes of at least 4 members (excludes halogenated alkanes) is 1. The summed E-state index contributed by atoms with van der Waals surface area (Å²) >= 11 is 0. The van der Waals surface area contributed by atoms with Crippen LogP contribution in [0.4, 0.5) is 0 Å². The highest BCUT2D eigenvalue weighted by atomic mass is 16.5. The molecule has 2 aliphatic rings. The molecule has 0 atom stereocenters. The van der Waals surface area contributed by atoms with Crippen LogP contribution in [0.25, 0.3) is 0 Å². The topological polar surface area (TPSA) is 9.23 Å². The van der Waals surface area contributed by atoms with Gasteiger partial charge in [-0.05, 0) is 99.0 Å². The summed E-state index contributed by atoms with van der Waals surface area (Å²) in [4.78, 5) is 0. The molecule has 2 saturated carbocycles. The lowest BCUT2D eigenvalue weighted by Crippen LogP contribution is -2.25. The SMILES string of the molecule is C=CCC1CCC(C2CCC(c3ccc(COCCCC)cc3)CC2)CC1. The molecule has 0 unspecified atom stereocenters. The summed E-state index contributed by atoms with van der Waals surface area (Å²) in [5.41, 5.74) is 2.88. The van der Waals surface area contributed by atoms with Crippen LogP contribution in [0.3, 0.4) is 0 Å². The van der Waals surface area contributed by atoms with Crippen LogP contribution in [0.1, 0.15) is 94.6 Å². The molecule has 0 radical (unpaired) electrons. The number of allylic oxidation sites excluding steroid dienone is 1. The van der Waals surface area contributed by atoms with E-state index in [0.29, 0.717) is 0 Å². The van der Waals surface area contributed by atoms with Crippen LogP contribution in [0, 0.1) is 17.8 Å². The van der Waals surface area contributed by atoms with Crippen molar-refractivity contribution < 1.29 is 4.74 Å². The van der Waals surface area contributed by atoms with Crippen molar-refractivity contribution in [3.8, 4) is 0 Å². The zero-order chi connectivity index (χ0) is 18.9. The van der Waals surface area contributed by atoms with E-state index in [4.69, 9.17) is 4.74 Å². The van der Waals surface area contributed by atoms with Crippen molar-refractivity contribution in [1.82, 2.24) is 0 Å². The summed E-state index contributed by atoms with van der Waals surface area (Å²) in [5, 5.41) is 0. The van der Waals surface area contributed by atoms with Gasteiger partial charge in [-0.1, -0.05) is 43.7 Å². The van der Waals surface area contributed by atoms with Gasteiger partial charge in [-0.2, -0.15) is 0 Å². The molecular weight excluding hydrogens is 328 g/mol. The van der Waals surface area contributed by atoms with Crippen molar-refractivity contribution in [3.63, 3.8) is 0 Å². The first-order valence-corrected chi connectivity index (χ1v) is 11.6. The van der Waals surface area contributed by atoms with Crippen molar-refractivity contribution in [2.45, 2.75) is 90.1 Å². The first kappa shape index (κ1) is 20.6. The van der Waals surface area contributed by atoms with Gasteiger partial charge in [0, 0.05) is 6.61 Å². The fourth-order valence-electron chi connectivity index (χ4n) is 5.38. The van der Waals surface area contributed by atoms with Crippen molar-refractivity contribution in [3.05, 3.63) is 48.0 Å².